The molecule has 0 radical (unpaired) electrons. The van der Waals surface area contributed by atoms with Gasteiger partial charge in [-0.1, -0.05) is 25.4 Å². The Balaban J connectivity index is 2.02. The van der Waals surface area contributed by atoms with Crippen molar-refractivity contribution in [2.24, 2.45) is 5.92 Å². The lowest BCUT2D eigenvalue weighted by atomic mass is 10.0. The van der Waals surface area contributed by atoms with Crippen molar-refractivity contribution in [2.45, 2.75) is 31.2 Å². The first-order valence-corrected chi connectivity index (χ1v) is 10.3. The molecule has 0 aromatic heterocycles. The monoisotopic (exact) mass is 373 g/mol. The second kappa shape index (κ2) is 8.63. The number of hydrogen-bond acceptors (Lipinski definition) is 4. The molecule has 0 bridgehead atoms. The Kier molecular flexibility index (Phi) is 7.07. The van der Waals surface area contributed by atoms with Crippen molar-refractivity contribution in [3.8, 4) is 0 Å². The second-order valence-electron chi connectivity index (χ2n) is 6.93. The maximum absolute atomic E-state index is 12.5. The van der Waals surface area contributed by atoms with Gasteiger partial charge in [-0.2, -0.15) is 0 Å². The van der Waals surface area contributed by atoms with Gasteiger partial charge in [-0.25, -0.2) is 13.1 Å². The summed E-state index contributed by atoms with van der Waals surface area (Å²) in [5.41, 5.74) is 0. The smallest absolute Gasteiger partial charge is 0.240 e. The third kappa shape index (κ3) is 5.70. The van der Waals surface area contributed by atoms with Gasteiger partial charge in [-0.3, -0.25) is 4.90 Å². The van der Waals surface area contributed by atoms with Gasteiger partial charge >= 0.3 is 0 Å². The topological polar surface area (TPSA) is 52.7 Å². The van der Waals surface area contributed by atoms with Crippen LogP contribution in [-0.2, 0) is 10.0 Å². The molecule has 1 atom stereocenters. The Morgan fingerprint density at radius 3 is 2.25 bits per heavy atom. The van der Waals surface area contributed by atoms with Crippen LogP contribution in [0.5, 0.6) is 0 Å². The summed E-state index contributed by atoms with van der Waals surface area (Å²) >= 11 is 5.83. The van der Waals surface area contributed by atoms with Crippen LogP contribution in [0.2, 0.25) is 5.02 Å². The Morgan fingerprint density at radius 2 is 1.71 bits per heavy atom. The lowest BCUT2D eigenvalue weighted by Crippen LogP contribution is -2.52. The van der Waals surface area contributed by atoms with Gasteiger partial charge in [0.15, 0.2) is 0 Å². The van der Waals surface area contributed by atoms with Crippen LogP contribution in [0.25, 0.3) is 0 Å². The summed E-state index contributed by atoms with van der Waals surface area (Å²) in [6.07, 6.45) is 0.979. The average Bonchev–Trinajstić information content (AvgIpc) is 2.52. The van der Waals surface area contributed by atoms with Crippen molar-refractivity contribution in [1.29, 1.82) is 0 Å². The van der Waals surface area contributed by atoms with Gasteiger partial charge in [-0.05, 0) is 43.7 Å². The van der Waals surface area contributed by atoms with E-state index in [-0.39, 0.29) is 10.9 Å². The molecule has 1 aromatic rings. The maximum atomic E-state index is 12.5. The molecule has 1 fully saturated rings. The van der Waals surface area contributed by atoms with Crippen LogP contribution in [-0.4, -0.2) is 64.0 Å². The van der Waals surface area contributed by atoms with E-state index in [4.69, 9.17) is 11.6 Å². The number of rotatable bonds is 7. The van der Waals surface area contributed by atoms with E-state index in [9.17, 15) is 8.42 Å². The van der Waals surface area contributed by atoms with E-state index >= 15 is 0 Å². The summed E-state index contributed by atoms with van der Waals surface area (Å²) in [6, 6.07) is 6.50. The molecule has 1 aliphatic rings. The summed E-state index contributed by atoms with van der Waals surface area (Å²) in [7, 11) is -1.38. The fraction of sp³-hybridized carbons (Fsp3) is 0.647. The summed E-state index contributed by atoms with van der Waals surface area (Å²) in [4.78, 5) is 4.97. The fourth-order valence-corrected chi connectivity index (χ4v) is 4.19. The number of benzene rings is 1. The SMILES string of the molecule is CC(C)CC(CNS(=O)(=O)c1ccc(Cl)cc1)N1CCN(C)CC1. The first kappa shape index (κ1) is 19.7. The highest BCUT2D eigenvalue weighted by molar-refractivity contribution is 7.89. The molecule has 0 amide bonds. The quantitative estimate of drug-likeness (QED) is 0.796. The molecule has 2 rings (SSSR count). The zero-order valence-corrected chi connectivity index (χ0v) is 16.3. The molecule has 136 valence electrons. The Hall–Kier alpha value is -0.660. The molecular weight excluding hydrogens is 346 g/mol. The number of piperazine rings is 1. The van der Waals surface area contributed by atoms with Crippen molar-refractivity contribution < 1.29 is 8.42 Å². The molecule has 24 heavy (non-hydrogen) atoms. The molecule has 1 unspecified atom stereocenters. The lowest BCUT2D eigenvalue weighted by Gasteiger charge is -2.38. The van der Waals surface area contributed by atoms with Gasteiger partial charge in [0, 0.05) is 43.8 Å². The first-order valence-electron chi connectivity index (χ1n) is 8.46. The minimum Gasteiger partial charge on any atom is -0.304 e. The van der Waals surface area contributed by atoms with Crippen LogP contribution >= 0.6 is 11.6 Å². The molecule has 0 saturated carbocycles. The third-order valence-corrected chi connectivity index (χ3v) is 6.12. The van der Waals surface area contributed by atoms with Gasteiger partial charge in [0.2, 0.25) is 10.0 Å². The molecule has 7 heteroatoms. The molecule has 1 aromatic carbocycles. The Morgan fingerprint density at radius 1 is 1.12 bits per heavy atom. The lowest BCUT2D eigenvalue weighted by molar-refractivity contribution is 0.102. The second-order valence-corrected chi connectivity index (χ2v) is 9.13. The Labute approximate surface area is 151 Å². The zero-order chi connectivity index (χ0) is 17.7. The molecule has 1 saturated heterocycles. The van der Waals surface area contributed by atoms with E-state index in [1.807, 2.05) is 0 Å². The minimum atomic E-state index is -3.50. The Bertz CT molecular complexity index is 611. The highest BCUT2D eigenvalue weighted by Gasteiger charge is 2.25. The number of sulfonamides is 1. The van der Waals surface area contributed by atoms with Gasteiger partial charge in [0.25, 0.3) is 0 Å². The largest absolute Gasteiger partial charge is 0.304 e. The normalized spacial score (nSPS) is 18.9. The maximum Gasteiger partial charge on any atom is 0.240 e. The van der Waals surface area contributed by atoms with Gasteiger partial charge in [0.05, 0.1) is 4.90 Å². The van der Waals surface area contributed by atoms with Gasteiger partial charge in [-0.15, -0.1) is 0 Å². The number of nitrogens with one attached hydrogen (secondary N) is 1. The zero-order valence-electron chi connectivity index (χ0n) is 14.7. The highest BCUT2D eigenvalue weighted by Crippen LogP contribution is 2.16. The van der Waals surface area contributed by atoms with Crippen molar-refractivity contribution in [2.75, 3.05) is 39.8 Å². The molecular formula is C17H28ClN3O2S. The molecule has 1 heterocycles. The number of halogens is 1. The van der Waals surface area contributed by atoms with Crippen LogP contribution in [0, 0.1) is 5.92 Å². The standard InChI is InChI=1S/C17H28ClN3O2S/c1-14(2)12-16(21-10-8-20(3)9-11-21)13-19-24(22,23)17-6-4-15(18)5-7-17/h4-7,14,16,19H,8-13H2,1-3H3. The van der Waals surface area contributed by atoms with Crippen molar-refractivity contribution >= 4 is 21.6 Å². The van der Waals surface area contributed by atoms with Gasteiger partial charge < -0.3 is 4.90 Å². The minimum absolute atomic E-state index is 0.223. The van der Waals surface area contributed by atoms with Gasteiger partial charge in [0.1, 0.15) is 0 Å². The summed E-state index contributed by atoms with van der Waals surface area (Å²) in [5.74, 6) is 0.523. The molecule has 0 aliphatic carbocycles. The summed E-state index contributed by atoms with van der Waals surface area (Å²) in [6.45, 7) is 8.81. The predicted molar refractivity (Wildman–Crippen MR) is 99.0 cm³/mol. The van der Waals surface area contributed by atoms with Crippen LogP contribution in [0.1, 0.15) is 20.3 Å². The fourth-order valence-electron chi connectivity index (χ4n) is 3.00. The van der Waals surface area contributed by atoms with Crippen molar-refractivity contribution in [3.63, 3.8) is 0 Å². The molecule has 5 nitrogen and oxygen atoms in total. The highest BCUT2D eigenvalue weighted by atomic mass is 35.5. The first-order chi connectivity index (χ1) is 11.3. The molecule has 1 aliphatic heterocycles. The number of likely N-dealkylation sites (N-methyl/N-ethyl adjacent to an activating group) is 1. The van der Waals surface area contributed by atoms with E-state index < -0.39 is 10.0 Å². The van der Waals surface area contributed by atoms with E-state index in [1.165, 1.54) is 12.1 Å². The van der Waals surface area contributed by atoms with Crippen molar-refractivity contribution in [3.05, 3.63) is 29.3 Å². The van der Waals surface area contributed by atoms with Crippen LogP contribution < -0.4 is 4.72 Å². The van der Waals surface area contributed by atoms with Crippen LogP contribution in [0.15, 0.2) is 29.2 Å². The summed E-state index contributed by atoms with van der Waals surface area (Å²) in [5, 5.41) is 0.532. The van der Waals surface area contributed by atoms with Crippen LogP contribution in [0.3, 0.4) is 0 Å². The van der Waals surface area contributed by atoms with E-state index in [2.05, 4.69) is 35.4 Å². The molecule has 1 N–H and O–H groups in total. The molecule has 0 spiro atoms. The van der Waals surface area contributed by atoms with Crippen LogP contribution in [0.4, 0.5) is 0 Å². The van der Waals surface area contributed by atoms with Crippen molar-refractivity contribution in [1.82, 2.24) is 14.5 Å². The predicted octanol–water partition coefficient (Wildman–Crippen LogP) is 2.28. The number of hydrogen-bond donors (Lipinski definition) is 1. The van der Waals surface area contributed by atoms with E-state index in [0.717, 1.165) is 32.6 Å². The number of nitrogens with zero attached hydrogens (tertiary/aromatic N) is 2. The van der Waals surface area contributed by atoms with E-state index in [1.54, 1.807) is 12.1 Å². The third-order valence-electron chi connectivity index (χ3n) is 4.43. The van der Waals surface area contributed by atoms with E-state index in [0.29, 0.717) is 17.5 Å². The summed E-state index contributed by atoms with van der Waals surface area (Å²) < 4.78 is 27.8. The average molecular weight is 374 g/mol.